The highest BCUT2D eigenvalue weighted by atomic mass is 16.1. The van der Waals surface area contributed by atoms with Gasteiger partial charge in [-0.15, -0.1) is 0 Å². The molecular weight excluding hydrogens is 308 g/mol. The summed E-state index contributed by atoms with van der Waals surface area (Å²) in [6.45, 7) is 3.24. The number of anilines is 2. The Bertz CT molecular complexity index is 938. The molecule has 0 unspecified atom stereocenters. The number of rotatable bonds is 2. The van der Waals surface area contributed by atoms with Gasteiger partial charge in [0, 0.05) is 46.3 Å². The summed E-state index contributed by atoms with van der Waals surface area (Å²) in [6.07, 6.45) is 3.34. The Morgan fingerprint density at radius 3 is 2.46 bits per heavy atom. The van der Waals surface area contributed by atoms with Gasteiger partial charge in [-0.2, -0.15) is 5.10 Å². The SMILES string of the molecule is Cn1nc(N2CCN(c3ncnc4c3ncn4C)CC2)ccc1=O. The summed E-state index contributed by atoms with van der Waals surface area (Å²) in [5.74, 6) is 1.69. The minimum absolute atomic E-state index is 0.101. The van der Waals surface area contributed by atoms with E-state index in [0.717, 1.165) is 49.0 Å². The third-order valence-corrected chi connectivity index (χ3v) is 4.33. The molecule has 1 aliphatic heterocycles. The van der Waals surface area contributed by atoms with Crippen molar-refractivity contribution in [2.45, 2.75) is 0 Å². The Balaban J connectivity index is 1.55. The van der Waals surface area contributed by atoms with Crippen LogP contribution in [0.25, 0.3) is 11.2 Å². The van der Waals surface area contributed by atoms with E-state index in [1.54, 1.807) is 31.8 Å². The molecule has 0 saturated carbocycles. The number of hydrogen-bond acceptors (Lipinski definition) is 7. The summed E-state index contributed by atoms with van der Waals surface area (Å²) in [7, 11) is 3.59. The predicted molar refractivity (Wildman–Crippen MR) is 90.2 cm³/mol. The molecule has 0 aliphatic carbocycles. The summed E-state index contributed by atoms with van der Waals surface area (Å²) < 4.78 is 3.26. The van der Waals surface area contributed by atoms with Gasteiger partial charge in [0.1, 0.15) is 12.1 Å². The smallest absolute Gasteiger partial charge is 0.266 e. The van der Waals surface area contributed by atoms with Gasteiger partial charge >= 0.3 is 0 Å². The normalized spacial score (nSPS) is 15.2. The number of aryl methyl sites for hydroxylation is 2. The highest BCUT2D eigenvalue weighted by Crippen LogP contribution is 2.23. The summed E-state index contributed by atoms with van der Waals surface area (Å²) in [5, 5.41) is 4.32. The van der Waals surface area contributed by atoms with E-state index in [4.69, 9.17) is 0 Å². The standard InChI is InChI=1S/C15H18N8O/c1-20-10-18-13-14(20)16-9-17-15(13)23-7-5-22(6-8-23)11-3-4-12(24)21(2)19-11/h3-4,9-10H,5-8H2,1-2H3. The van der Waals surface area contributed by atoms with Gasteiger partial charge in [-0.1, -0.05) is 0 Å². The molecule has 4 rings (SSSR count). The quantitative estimate of drug-likeness (QED) is 0.644. The van der Waals surface area contributed by atoms with E-state index in [0.29, 0.717) is 0 Å². The summed E-state index contributed by atoms with van der Waals surface area (Å²) in [5.41, 5.74) is 1.56. The van der Waals surface area contributed by atoms with Crippen molar-refractivity contribution < 1.29 is 0 Å². The number of imidazole rings is 1. The van der Waals surface area contributed by atoms with E-state index in [2.05, 4.69) is 29.9 Å². The van der Waals surface area contributed by atoms with Gasteiger partial charge in [0.15, 0.2) is 17.0 Å². The fraction of sp³-hybridized carbons (Fsp3) is 0.400. The molecule has 0 atom stereocenters. The molecule has 3 aromatic rings. The van der Waals surface area contributed by atoms with Crippen molar-refractivity contribution in [3.05, 3.63) is 35.1 Å². The largest absolute Gasteiger partial charge is 0.352 e. The van der Waals surface area contributed by atoms with Crippen LogP contribution < -0.4 is 15.4 Å². The average Bonchev–Trinajstić information content (AvgIpc) is 2.99. The first-order valence-electron chi connectivity index (χ1n) is 7.80. The maximum Gasteiger partial charge on any atom is 0.266 e. The van der Waals surface area contributed by atoms with Crippen molar-refractivity contribution >= 4 is 22.8 Å². The topological polar surface area (TPSA) is 85.0 Å². The molecule has 0 N–H and O–H groups in total. The third-order valence-electron chi connectivity index (χ3n) is 4.33. The van der Waals surface area contributed by atoms with Crippen molar-refractivity contribution in [1.82, 2.24) is 29.3 Å². The molecular formula is C15H18N8O. The highest BCUT2D eigenvalue weighted by molar-refractivity contribution is 5.83. The minimum Gasteiger partial charge on any atom is -0.352 e. The van der Waals surface area contributed by atoms with E-state index in [9.17, 15) is 4.79 Å². The molecule has 3 aromatic heterocycles. The minimum atomic E-state index is -0.101. The first-order valence-corrected chi connectivity index (χ1v) is 7.80. The van der Waals surface area contributed by atoms with Gasteiger partial charge in [-0.25, -0.2) is 19.6 Å². The number of nitrogens with zero attached hydrogens (tertiary/aromatic N) is 8. The number of hydrogen-bond donors (Lipinski definition) is 0. The Kier molecular flexibility index (Phi) is 3.40. The molecule has 124 valence electrons. The second kappa shape index (κ2) is 5.59. The lowest BCUT2D eigenvalue weighted by molar-refractivity contribution is 0.620. The number of aromatic nitrogens is 6. The van der Waals surface area contributed by atoms with Crippen LogP contribution in [-0.2, 0) is 14.1 Å². The monoisotopic (exact) mass is 326 g/mol. The van der Waals surface area contributed by atoms with Gasteiger partial charge in [-0.3, -0.25) is 4.79 Å². The van der Waals surface area contributed by atoms with Crippen molar-refractivity contribution in [2.24, 2.45) is 14.1 Å². The van der Waals surface area contributed by atoms with Crippen LogP contribution in [-0.4, -0.2) is 55.5 Å². The van der Waals surface area contributed by atoms with Crippen LogP contribution in [0.4, 0.5) is 11.6 Å². The summed E-state index contributed by atoms with van der Waals surface area (Å²) in [4.78, 5) is 29.0. The molecule has 1 saturated heterocycles. The maximum atomic E-state index is 11.5. The molecule has 0 radical (unpaired) electrons. The zero-order valence-electron chi connectivity index (χ0n) is 13.6. The van der Waals surface area contributed by atoms with Crippen molar-refractivity contribution in [1.29, 1.82) is 0 Å². The molecule has 1 aliphatic rings. The Morgan fingerprint density at radius 2 is 1.71 bits per heavy atom. The van der Waals surface area contributed by atoms with Crippen LogP contribution in [0, 0.1) is 0 Å². The molecule has 0 amide bonds. The van der Waals surface area contributed by atoms with E-state index in [-0.39, 0.29) is 5.56 Å². The second-order valence-electron chi connectivity index (χ2n) is 5.85. The molecule has 0 aromatic carbocycles. The molecule has 4 heterocycles. The van der Waals surface area contributed by atoms with E-state index < -0.39 is 0 Å². The van der Waals surface area contributed by atoms with Crippen LogP contribution in [0.1, 0.15) is 0 Å². The van der Waals surface area contributed by atoms with Crippen LogP contribution in [0.5, 0.6) is 0 Å². The average molecular weight is 326 g/mol. The van der Waals surface area contributed by atoms with Gasteiger partial charge in [0.05, 0.1) is 6.33 Å². The van der Waals surface area contributed by atoms with Crippen LogP contribution in [0.15, 0.2) is 29.6 Å². The van der Waals surface area contributed by atoms with Crippen LogP contribution >= 0.6 is 0 Å². The van der Waals surface area contributed by atoms with Gasteiger partial charge < -0.3 is 14.4 Å². The molecule has 0 spiro atoms. The predicted octanol–water partition coefficient (Wildman–Crippen LogP) is -0.216. The van der Waals surface area contributed by atoms with Crippen LogP contribution in [0.3, 0.4) is 0 Å². The first-order chi connectivity index (χ1) is 11.6. The lowest BCUT2D eigenvalue weighted by Gasteiger charge is -2.35. The van der Waals surface area contributed by atoms with Gasteiger partial charge in [0.2, 0.25) is 0 Å². The zero-order valence-corrected chi connectivity index (χ0v) is 13.6. The fourth-order valence-corrected chi connectivity index (χ4v) is 2.97. The van der Waals surface area contributed by atoms with Crippen molar-refractivity contribution in [3.63, 3.8) is 0 Å². The lowest BCUT2D eigenvalue weighted by Crippen LogP contribution is -2.47. The van der Waals surface area contributed by atoms with Crippen molar-refractivity contribution in [2.75, 3.05) is 36.0 Å². The first kappa shape index (κ1) is 14.6. The molecule has 24 heavy (non-hydrogen) atoms. The van der Waals surface area contributed by atoms with Crippen molar-refractivity contribution in [3.8, 4) is 0 Å². The molecule has 0 bridgehead atoms. The lowest BCUT2D eigenvalue weighted by atomic mass is 10.3. The third kappa shape index (κ3) is 2.38. The number of fused-ring (bicyclic) bond motifs is 1. The zero-order chi connectivity index (χ0) is 16.7. The molecule has 9 nitrogen and oxygen atoms in total. The van der Waals surface area contributed by atoms with Gasteiger partial charge in [-0.05, 0) is 6.07 Å². The van der Waals surface area contributed by atoms with Gasteiger partial charge in [0.25, 0.3) is 5.56 Å². The van der Waals surface area contributed by atoms with Crippen LogP contribution in [0.2, 0.25) is 0 Å². The second-order valence-corrected chi connectivity index (χ2v) is 5.85. The highest BCUT2D eigenvalue weighted by Gasteiger charge is 2.22. The summed E-state index contributed by atoms with van der Waals surface area (Å²) in [6, 6.07) is 3.33. The van der Waals surface area contributed by atoms with E-state index in [1.807, 2.05) is 11.6 Å². The molecule has 9 heteroatoms. The maximum absolute atomic E-state index is 11.5. The Hall–Kier alpha value is -2.97. The summed E-state index contributed by atoms with van der Waals surface area (Å²) >= 11 is 0. The fourth-order valence-electron chi connectivity index (χ4n) is 2.97. The van der Waals surface area contributed by atoms with E-state index >= 15 is 0 Å². The Morgan fingerprint density at radius 1 is 0.958 bits per heavy atom. The number of piperazine rings is 1. The Labute approximate surface area is 138 Å². The molecule has 1 fully saturated rings. The van der Waals surface area contributed by atoms with E-state index in [1.165, 1.54) is 4.68 Å².